The molecule has 1 aliphatic heterocycles. The molecule has 3 rings (SSSR count). The van der Waals surface area contributed by atoms with Crippen LogP contribution in [0.5, 0.6) is 0 Å². The van der Waals surface area contributed by atoms with Gasteiger partial charge in [0.25, 0.3) is 0 Å². The average Bonchev–Trinajstić information content (AvgIpc) is 2.57. The first-order valence-electron chi connectivity index (χ1n) is 6.32. The third-order valence-electron chi connectivity index (χ3n) is 3.62. The summed E-state index contributed by atoms with van der Waals surface area (Å²) in [6.07, 6.45) is 5.80. The Kier molecular flexibility index (Phi) is 2.77. The SMILES string of the molecule is CC[C@H]1CNCCc2cc3nccnc3cc21. The fraction of sp³-hybridized carbons (Fsp3) is 0.429. The summed E-state index contributed by atoms with van der Waals surface area (Å²) >= 11 is 0. The van der Waals surface area contributed by atoms with Gasteiger partial charge in [0.1, 0.15) is 0 Å². The monoisotopic (exact) mass is 227 g/mol. The van der Waals surface area contributed by atoms with Crippen LogP contribution in [0.1, 0.15) is 30.4 Å². The van der Waals surface area contributed by atoms with Gasteiger partial charge in [-0.15, -0.1) is 0 Å². The number of nitrogens with zero attached hydrogens (tertiary/aromatic N) is 2. The van der Waals surface area contributed by atoms with E-state index in [4.69, 9.17) is 0 Å². The summed E-state index contributed by atoms with van der Waals surface area (Å²) in [5, 5.41) is 3.51. The minimum Gasteiger partial charge on any atom is -0.316 e. The van der Waals surface area contributed by atoms with Crippen molar-refractivity contribution < 1.29 is 0 Å². The van der Waals surface area contributed by atoms with Crippen LogP contribution in [0.15, 0.2) is 24.5 Å². The van der Waals surface area contributed by atoms with E-state index < -0.39 is 0 Å². The molecule has 0 bridgehead atoms. The van der Waals surface area contributed by atoms with Crippen LogP contribution in [0.25, 0.3) is 11.0 Å². The smallest absolute Gasteiger partial charge is 0.0889 e. The van der Waals surface area contributed by atoms with Crippen LogP contribution >= 0.6 is 0 Å². The summed E-state index contributed by atoms with van der Waals surface area (Å²) in [6, 6.07) is 4.45. The van der Waals surface area contributed by atoms with Gasteiger partial charge in [-0.05, 0) is 48.6 Å². The molecule has 17 heavy (non-hydrogen) atoms. The average molecular weight is 227 g/mol. The molecule has 1 aliphatic rings. The van der Waals surface area contributed by atoms with Crippen LogP contribution in [-0.4, -0.2) is 23.1 Å². The van der Waals surface area contributed by atoms with Gasteiger partial charge in [0.15, 0.2) is 0 Å². The highest BCUT2D eigenvalue weighted by Gasteiger charge is 2.17. The van der Waals surface area contributed by atoms with E-state index in [0.29, 0.717) is 5.92 Å². The van der Waals surface area contributed by atoms with Gasteiger partial charge in [-0.1, -0.05) is 6.92 Å². The largest absolute Gasteiger partial charge is 0.316 e. The van der Waals surface area contributed by atoms with Crippen molar-refractivity contribution in [3.8, 4) is 0 Å². The van der Waals surface area contributed by atoms with Crippen molar-refractivity contribution in [2.75, 3.05) is 13.1 Å². The predicted molar refractivity (Wildman–Crippen MR) is 69.1 cm³/mol. The first-order chi connectivity index (χ1) is 8.38. The van der Waals surface area contributed by atoms with Gasteiger partial charge in [0, 0.05) is 18.9 Å². The summed E-state index contributed by atoms with van der Waals surface area (Å²) in [6.45, 7) is 4.40. The molecule has 1 N–H and O–H groups in total. The maximum Gasteiger partial charge on any atom is 0.0889 e. The molecule has 88 valence electrons. The molecule has 0 fully saturated rings. The van der Waals surface area contributed by atoms with E-state index in [1.807, 2.05) is 0 Å². The molecule has 0 saturated carbocycles. The maximum absolute atomic E-state index is 4.41. The topological polar surface area (TPSA) is 37.8 Å². The lowest BCUT2D eigenvalue weighted by atomic mass is 9.91. The van der Waals surface area contributed by atoms with Gasteiger partial charge >= 0.3 is 0 Å². The second kappa shape index (κ2) is 4.41. The van der Waals surface area contributed by atoms with E-state index in [0.717, 1.165) is 30.5 Å². The Morgan fingerprint density at radius 2 is 2.00 bits per heavy atom. The number of hydrogen-bond donors (Lipinski definition) is 1. The highest BCUT2D eigenvalue weighted by atomic mass is 14.9. The minimum absolute atomic E-state index is 0.610. The number of hydrogen-bond acceptors (Lipinski definition) is 3. The Morgan fingerprint density at radius 1 is 1.24 bits per heavy atom. The lowest BCUT2D eigenvalue weighted by molar-refractivity contribution is 0.595. The molecule has 2 heterocycles. The zero-order chi connectivity index (χ0) is 11.7. The van der Waals surface area contributed by atoms with E-state index >= 15 is 0 Å². The number of benzene rings is 1. The first-order valence-corrected chi connectivity index (χ1v) is 6.32. The highest BCUT2D eigenvalue weighted by Crippen LogP contribution is 2.28. The van der Waals surface area contributed by atoms with Gasteiger partial charge in [-0.3, -0.25) is 9.97 Å². The third kappa shape index (κ3) is 1.91. The van der Waals surface area contributed by atoms with Crippen molar-refractivity contribution in [2.24, 2.45) is 0 Å². The normalized spacial score (nSPS) is 19.9. The molecule has 0 saturated heterocycles. The molecule has 0 radical (unpaired) electrons. The Balaban J connectivity index is 2.19. The molecule has 2 aromatic rings. The summed E-state index contributed by atoms with van der Waals surface area (Å²) in [5.74, 6) is 0.610. The van der Waals surface area contributed by atoms with Crippen molar-refractivity contribution in [1.82, 2.24) is 15.3 Å². The van der Waals surface area contributed by atoms with Crippen molar-refractivity contribution in [2.45, 2.75) is 25.7 Å². The molecular formula is C14H17N3. The van der Waals surface area contributed by atoms with Crippen molar-refractivity contribution in [3.05, 3.63) is 35.7 Å². The summed E-state index contributed by atoms with van der Waals surface area (Å²) < 4.78 is 0. The second-order valence-electron chi connectivity index (χ2n) is 4.66. The summed E-state index contributed by atoms with van der Waals surface area (Å²) in [7, 11) is 0. The fourth-order valence-corrected chi connectivity index (χ4v) is 2.64. The fourth-order valence-electron chi connectivity index (χ4n) is 2.64. The zero-order valence-corrected chi connectivity index (χ0v) is 10.1. The first kappa shape index (κ1) is 10.7. The van der Waals surface area contributed by atoms with Crippen molar-refractivity contribution in [3.63, 3.8) is 0 Å². The van der Waals surface area contributed by atoms with E-state index in [2.05, 4.69) is 34.3 Å². The van der Waals surface area contributed by atoms with Crippen LogP contribution in [0.4, 0.5) is 0 Å². The maximum atomic E-state index is 4.41. The lowest BCUT2D eigenvalue weighted by Gasteiger charge is -2.15. The van der Waals surface area contributed by atoms with E-state index in [1.54, 1.807) is 12.4 Å². The number of aromatic nitrogens is 2. The van der Waals surface area contributed by atoms with Gasteiger partial charge in [-0.25, -0.2) is 0 Å². The quantitative estimate of drug-likeness (QED) is 0.812. The standard InChI is InChI=1S/C14H17N3/c1-2-10-9-15-4-3-11-7-13-14(8-12(10)11)17-6-5-16-13/h5-8,10,15H,2-4,9H2,1H3/t10-/m0/s1. The summed E-state index contributed by atoms with van der Waals surface area (Å²) in [4.78, 5) is 8.79. The number of rotatable bonds is 1. The molecule has 3 heteroatoms. The molecule has 1 atom stereocenters. The van der Waals surface area contributed by atoms with E-state index in [-0.39, 0.29) is 0 Å². The molecule has 0 amide bonds. The lowest BCUT2D eigenvalue weighted by Crippen LogP contribution is -2.19. The predicted octanol–water partition coefficient (Wildman–Crippen LogP) is 2.27. The zero-order valence-electron chi connectivity index (χ0n) is 10.1. The summed E-state index contributed by atoms with van der Waals surface area (Å²) in [5.41, 5.74) is 4.94. The van der Waals surface area contributed by atoms with Crippen LogP contribution in [0.2, 0.25) is 0 Å². The van der Waals surface area contributed by atoms with Crippen molar-refractivity contribution in [1.29, 1.82) is 0 Å². The van der Waals surface area contributed by atoms with Gasteiger partial charge in [0.2, 0.25) is 0 Å². The van der Waals surface area contributed by atoms with Gasteiger partial charge in [0.05, 0.1) is 11.0 Å². The molecule has 3 nitrogen and oxygen atoms in total. The van der Waals surface area contributed by atoms with Crippen LogP contribution in [0, 0.1) is 0 Å². The molecule has 0 spiro atoms. The van der Waals surface area contributed by atoms with E-state index in [1.165, 1.54) is 17.5 Å². The number of nitrogens with one attached hydrogen (secondary N) is 1. The van der Waals surface area contributed by atoms with Crippen LogP contribution in [-0.2, 0) is 6.42 Å². The van der Waals surface area contributed by atoms with Gasteiger partial charge in [-0.2, -0.15) is 0 Å². The molecular weight excluding hydrogens is 210 g/mol. The Hall–Kier alpha value is -1.48. The molecule has 1 aromatic heterocycles. The van der Waals surface area contributed by atoms with E-state index in [9.17, 15) is 0 Å². The Morgan fingerprint density at radius 3 is 2.76 bits per heavy atom. The van der Waals surface area contributed by atoms with Crippen molar-refractivity contribution >= 4 is 11.0 Å². The molecule has 1 aromatic carbocycles. The molecule has 0 unspecified atom stereocenters. The van der Waals surface area contributed by atoms with Gasteiger partial charge < -0.3 is 5.32 Å². The molecule has 0 aliphatic carbocycles. The van der Waals surface area contributed by atoms with Crippen LogP contribution < -0.4 is 5.32 Å². The third-order valence-corrected chi connectivity index (χ3v) is 3.62. The Bertz CT molecular complexity index is 536. The Labute approximate surface area is 101 Å². The second-order valence-corrected chi connectivity index (χ2v) is 4.66. The van der Waals surface area contributed by atoms with Crippen LogP contribution in [0.3, 0.4) is 0 Å². The number of fused-ring (bicyclic) bond motifs is 2. The highest BCUT2D eigenvalue weighted by molar-refractivity contribution is 5.76. The minimum atomic E-state index is 0.610.